The third-order valence-electron chi connectivity index (χ3n) is 10.2. The molecule has 1 amide bonds. The summed E-state index contributed by atoms with van der Waals surface area (Å²) in [5.41, 5.74) is 1.99. The molecule has 0 unspecified atom stereocenters. The number of unbranched alkanes of at least 4 members (excludes halogenated alkanes) is 12. The van der Waals surface area contributed by atoms with Gasteiger partial charge in [-0.15, -0.1) is 15.3 Å². The number of carbonyl (C=O) groups is 3. The van der Waals surface area contributed by atoms with E-state index in [9.17, 15) is 19.5 Å². The first-order chi connectivity index (χ1) is 28.8. The van der Waals surface area contributed by atoms with Crippen molar-refractivity contribution in [3.63, 3.8) is 0 Å². The molecule has 9 nitrogen and oxygen atoms in total. The lowest BCUT2D eigenvalue weighted by molar-refractivity contribution is -0.122. The van der Waals surface area contributed by atoms with Crippen LogP contribution in [0, 0.1) is 0 Å². The van der Waals surface area contributed by atoms with Gasteiger partial charge in [-0.3, -0.25) is 9.59 Å². The molecule has 5 aromatic rings. The lowest BCUT2D eigenvalue weighted by atomic mass is 10.0. The molecule has 0 heterocycles. The summed E-state index contributed by atoms with van der Waals surface area (Å²) in [6.07, 6.45) is 18.7. The molecule has 310 valence electrons. The Bertz CT molecular complexity index is 2190. The van der Waals surface area contributed by atoms with Crippen molar-refractivity contribution in [2.75, 3.05) is 5.06 Å². The number of nitrogens with zero attached hydrogens (tertiary/aromatic N) is 3. The number of hydrogen-bond donors (Lipinski definition) is 1. The van der Waals surface area contributed by atoms with E-state index in [2.05, 4.69) is 23.2 Å². The fraction of sp³-hybridized carbons (Fsp3) is 0.367. The number of hydroxylamine groups is 1. The zero-order chi connectivity index (χ0) is 41.8. The average molecular weight is 818 g/mol. The minimum absolute atomic E-state index is 0.000948. The molecule has 0 aliphatic rings. The molecule has 5 aromatic carbocycles. The second-order valence-electron chi connectivity index (χ2n) is 14.9. The number of rotatable bonds is 24. The minimum atomic E-state index is -0.746. The van der Waals surface area contributed by atoms with Gasteiger partial charge in [-0.25, -0.2) is 4.79 Å². The first-order valence-electron chi connectivity index (χ1n) is 21.2. The topological polar surface area (TPSA) is 118 Å². The number of halogens is 1. The van der Waals surface area contributed by atoms with Crippen molar-refractivity contribution in [1.29, 1.82) is 0 Å². The maximum Gasteiger partial charge on any atom is 0.343 e. The predicted molar refractivity (Wildman–Crippen MR) is 237 cm³/mol. The number of hydrogen-bond acceptors (Lipinski definition) is 8. The van der Waals surface area contributed by atoms with Crippen molar-refractivity contribution >= 4 is 56.6 Å². The minimum Gasteiger partial charge on any atom is -0.506 e. The van der Waals surface area contributed by atoms with E-state index in [0.717, 1.165) is 23.8 Å². The highest BCUT2D eigenvalue weighted by atomic mass is 35.5. The first-order valence-corrected chi connectivity index (χ1v) is 21.5. The van der Waals surface area contributed by atoms with Gasteiger partial charge in [0.05, 0.1) is 11.3 Å². The van der Waals surface area contributed by atoms with Crippen molar-refractivity contribution in [3.8, 4) is 17.2 Å². The standard InChI is InChI=1S/C49H56ClN3O6/c1-3-5-6-7-8-9-10-11-12-13-14-15-16-22-36-23-19-27-41(33-36)59-53(46(55)21-4-2)40-26-20-25-39(34-40)49(57)58-45-32-30-38(48(50)56)35-43(45)51-52-47-42-28-18-17-24-37(42)29-31-44(47)54/h17-20,23-35,54H,3-16,21-22H2,1-2H3. The van der Waals surface area contributed by atoms with E-state index >= 15 is 0 Å². The van der Waals surface area contributed by atoms with E-state index in [-0.39, 0.29) is 46.3 Å². The fourth-order valence-electron chi connectivity index (χ4n) is 6.95. The Morgan fingerprint density at radius 2 is 1.36 bits per heavy atom. The second-order valence-corrected chi connectivity index (χ2v) is 15.3. The number of amides is 1. The number of aromatic hydroxyl groups is 1. The van der Waals surface area contributed by atoms with Crippen LogP contribution >= 0.6 is 11.6 Å². The Hall–Kier alpha value is -5.54. The SMILES string of the molecule is CCCCCCCCCCCCCCCc1cccc(ON(C(=O)CCC)c2cccc(C(=O)Oc3ccc(C(=O)Cl)cc3N=Nc3c(O)ccc4ccccc34)c2)c1. The number of phenolic OH excluding ortho intramolecular Hbond substituents is 1. The number of azo groups is 1. The molecule has 0 saturated carbocycles. The van der Waals surface area contributed by atoms with Crippen molar-refractivity contribution in [2.45, 2.75) is 117 Å². The quantitative estimate of drug-likeness (QED) is 0.0165. The van der Waals surface area contributed by atoms with Crippen LogP contribution in [0.4, 0.5) is 17.1 Å². The second kappa shape index (κ2) is 23.8. The van der Waals surface area contributed by atoms with Crippen LogP contribution in [0.1, 0.15) is 136 Å². The van der Waals surface area contributed by atoms with E-state index in [1.165, 1.54) is 112 Å². The first kappa shape index (κ1) is 44.6. The smallest absolute Gasteiger partial charge is 0.343 e. The molecule has 0 aromatic heterocycles. The molecule has 0 spiro atoms. The van der Waals surface area contributed by atoms with Gasteiger partial charge in [0.15, 0.2) is 11.5 Å². The maximum absolute atomic E-state index is 13.7. The number of aryl methyl sites for hydroxylation is 1. The number of benzene rings is 5. The summed E-state index contributed by atoms with van der Waals surface area (Å²) in [6.45, 7) is 4.18. The van der Waals surface area contributed by atoms with Gasteiger partial charge in [0.1, 0.15) is 17.1 Å². The van der Waals surface area contributed by atoms with E-state index in [1.807, 2.05) is 43.3 Å². The lowest BCUT2D eigenvalue weighted by Crippen LogP contribution is -2.34. The molecule has 0 fully saturated rings. The van der Waals surface area contributed by atoms with E-state index in [1.54, 1.807) is 30.3 Å². The molecule has 0 aliphatic carbocycles. The summed E-state index contributed by atoms with van der Waals surface area (Å²) in [7, 11) is 0. The number of carbonyl (C=O) groups excluding carboxylic acids is 3. The highest BCUT2D eigenvalue weighted by Crippen LogP contribution is 2.38. The molecule has 1 N–H and O–H groups in total. The van der Waals surface area contributed by atoms with Crippen molar-refractivity contribution in [3.05, 3.63) is 120 Å². The van der Waals surface area contributed by atoms with Crippen LogP contribution in [-0.2, 0) is 11.2 Å². The maximum atomic E-state index is 13.7. The molecule has 0 radical (unpaired) electrons. The van der Waals surface area contributed by atoms with Gasteiger partial charge in [-0.2, -0.15) is 0 Å². The molecule has 5 rings (SSSR count). The Kier molecular flexibility index (Phi) is 17.9. The number of ether oxygens (including phenoxy) is 1. The van der Waals surface area contributed by atoms with Crippen LogP contribution in [0.5, 0.6) is 17.2 Å². The van der Waals surface area contributed by atoms with Crippen LogP contribution in [0.3, 0.4) is 0 Å². The molecule has 0 bridgehead atoms. The van der Waals surface area contributed by atoms with Crippen LogP contribution < -0.4 is 14.6 Å². The molecular weight excluding hydrogens is 762 g/mol. The van der Waals surface area contributed by atoms with Crippen LogP contribution in [0.25, 0.3) is 10.8 Å². The van der Waals surface area contributed by atoms with Crippen molar-refractivity contribution in [1.82, 2.24) is 0 Å². The van der Waals surface area contributed by atoms with Crippen molar-refractivity contribution < 1.29 is 29.1 Å². The van der Waals surface area contributed by atoms with Crippen LogP contribution in [0.15, 0.2) is 113 Å². The Morgan fingerprint density at radius 3 is 2.07 bits per heavy atom. The van der Waals surface area contributed by atoms with Gasteiger partial charge in [0.25, 0.3) is 11.1 Å². The Morgan fingerprint density at radius 1 is 0.661 bits per heavy atom. The van der Waals surface area contributed by atoms with Gasteiger partial charge in [-0.05, 0) is 96.4 Å². The summed E-state index contributed by atoms with van der Waals surface area (Å²) in [5.74, 6) is -0.584. The summed E-state index contributed by atoms with van der Waals surface area (Å²) in [4.78, 5) is 45.4. The summed E-state index contributed by atoms with van der Waals surface area (Å²) in [5, 5.41) is 21.1. The van der Waals surface area contributed by atoms with E-state index in [4.69, 9.17) is 21.2 Å². The molecule has 0 aliphatic heterocycles. The summed E-state index contributed by atoms with van der Waals surface area (Å²) < 4.78 is 5.79. The molecular formula is C49H56ClN3O6. The van der Waals surface area contributed by atoms with Gasteiger partial charge >= 0.3 is 5.97 Å². The number of esters is 1. The van der Waals surface area contributed by atoms with Crippen LogP contribution in [0.2, 0.25) is 0 Å². The normalized spacial score (nSPS) is 11.2. The summed E-state index contributed by atoms with van der Waals surface area (Å²) >= 11 is 5.78. The molecule has 0 saturated heterocycles. The van der Waals surface area contributed by atoms with Gasteiger partial charge in [0.2, 0.25) is 0 Å². The van der Waals surface area contributed by atoms with Crippen LogP contribution in [-0.4, -0.2) is 22.2 Å². The zero-order valence-electron chi connectivity index (χ0n) is 34.3. The van der Waals surface area contributed by atoms with Gasteiger partial charge < -0.3 is 14.7 Å². The van der Waals surface area contributed by atoms with E-state index in [0.29, 0.717) is 23.2 Å². The zero-order valence-corrected chi connectivity index (χ0v) is 35.1. The number of phenols is 1. The average Bonchev–Trinajstić information content (AvgIpc) is 3.24. The fourth-order valence-corrected chi connectivity index (χ4v) is 7.07. The predicted octanol–water partition coefficient (Wildman–Crippen LogP) is 14.3. The Labute approximate surface area is 353 Å². The number of anilines is 1. The summed E-state index contributed by atoms with van der Waals surface area (Å²) in [6, 6.07) is 29.0. The van der Waals surface area contributed by atoms with Gasteiger partial charge in [0, 0.05) is 17.4 Å². The molecule has 10 heteroatoms. The monoisotopic (exact) mass is 817 g/mol. The van der Waals surface area contributed by atoms with E-state index < -0.39 is 11.2 Å². The largest absolute Gasteiger partial charge is 0.506 e. The highest BCUT2D eigenvalue weighted by Gasteiger charge is 2.21. The Balaban J connectivity index is 1.23. The third kappa shape index (κ3) is 13.8. The lowest BCUT2D eigenvalue weighted by Gasteiger charge is -2.23. The number of fused-ring (bicyclic) bond motifs is 1. The third-order valence-corrected chi connectivity index (χ3v) is 10.4. The molecule has 59 heavy (non-hydrogen) atoms. The highest BCUT2D eigenvalue weighted by molar-refractivity contribution is 6.67. The molecule has 0 atom stereocenters. The van der Waals surface area contributed by atoms with Gasteiger partial charge in [-0.1, -0.05) is 139 Å². The van der Waals surface area contributed by atoms with Crippen molar-refractivity contribution in [2.24, 2.45) is 10.2 Å².